The van der Waals surface area contributed by atoms with Crippen molar-refractivity contribution in [3.63, 3.8) is 0 Å². The van der Waals surface area contributed by atoms with Gasteiger partial charge in [-0.1, -0.05) is 41.4 Å². The minimum Gasteiger partial charge on any atom is -0.388 e. The maximum Gasteiger partial charge on any atom is 0.142 e. The van der Waals surface area contributed by atoms with Gasteiger partial charge in [-0.25, -0.2) is 4.39 Å². The molecule has 0 saturated carbocycles. The standard InChI is InChI=1S/C15H14Cl2FNO/c16-11-3-1-2-9(6-11)12(8-19)15(20)10-4-5-13(17)14(18)7-10/h1-7,12,15,20H,8,19H2. The summed E-state index contributed by atoms with van der Waals surface area (Å²) in [6.45, 7) is 0.214. The van der Waals surface area contributed by atoms with Crippen molar-refractivity contribution in [3.05, 3.63) is 69.5 Å². The molecule has 2 aromatic rings. The van der Waals surface area contributed by atoms with Crippen molar-refractivity contribution in [3.8, 4) is 0 Å². The fraction of sp³-hybridized carbons (Fsp3) is 0.200. The van der Waals surface area contributed by atoms with Gasteiger partial charge in [-0.05, 0) is 35.4 Å². The summed E-state index contributed by atoms with van der Waals surface area (Å²) in [5.41, 5.74) is 6.98. The van der Waals surface area contributed by atoms with E-state index in [1.807, 2.05) is 6.07 Å². The van der Waals surface area contributed by atoms with Crippen LogP contribution in [0.1, 0.15) is 23.1 Å². The largest absolute Gasteiger partial charge is 0.388 e. The van der Waals surface area contributed by atoms with E-state index in [1.165, 1.54) is 12.1 Å². The Bertz CT molecular complexity index is 606. The Morgan fingerprint density at radius 3 is 2.45 bits per heavy atom. The highest BCUT2D eigenvalue weighted by Crippen LogP contribution is 2.32. The lowest BCUT2D eigenvalue weighted by molar-refractivity contribution is 0.147. The molecule has 2 nitrogen and oxygen atoms in total. The number of benzene rings is 2. The molecule has 2 unspecified atom stereocenters. The highest BCUT2D eigenvalue weighted by atomic mass is 35.5. The van der Waals surface area contributed by atoms with Gasteiger partial charge >= 0.3 is 0 Å². The van der Waals surface area contributed by atoms with Crippen LogP contribution < -0.4 is 5.73 Å². The van der Waals surface area contributed by atoms with Crippen molar-refractivity contribution in [2.75, 3.05) is 6.54 Å². The van der Waals surface area contributed by atoms with Crippen LogP contribution in [0.25, 0.3) is 0 Å². The zero-order valence-corrected chi connectivity index (χ0v) is 12.1. The molecule has 0 saturated heterocycles. The summed E-state index contributed by atoms with van der Waals surface area (Å²) >= 11 is 11.6. The molecule has 0 fully saturated rings. The van der Waals surface area contributed by atoms with Crippen LogP contribution in [0.5, 0.6) is 0 Å². The fourth-order valence-corrected chi connectivity index (χ4v) is 2.43. The second kappa shape index (κ2) is 6.55. The lowest BCUT2D eigenvalue weighted by Gasteiger charge is -2.22. The van der Waals surface area contributed by atoms with Crippen LogP contribution in [0.3, 0.4) is 0 Å². The third kappa shape index (κ3) is 3.30. The molecule has 5 heteroatoms. The van der Waals surface area contributed by atoms with E-state index < -0.39 is 11.9 Å². The minimum absolute atomic E-state index is 0.0213. The average Bonchev–Trinajstić information content (AvgIpc) is 2.42. The van der Waals surface area contributed by atoms with Crippen LogP contribution in [-0.2, 0) is 0 Å². The van der Waals surface area contributed by atoms with E-state index in [2.05, 4.69) is 0 Å². The van der Waals surface area contributed by atoms with Crippen LogP contribution in [0, 0.1) is 5.82 Å². The Kier molecular flexibility index (Phi) is 5.00. The molecule has 0 spiro atoms. The predicted octanol–water partition coefficient (Wildman–Crippen LogP) is 3.91. The normalized spacial score (nSPS) is 14.1. The summed E-state index contributed by atoms with van der Waals surface area (Å²) in [4.78, 5) is 0. The Labute approximate surface area is 126 Å². The van der Waals surface area contributed by atoms with E-state index in [1.54, 1.807) is 24.3 Å². The summed E-state index contributed by atoms with van der Waals surface area (Å²) in [5, 5.41) is 11.0. The van der Waals surface area contributed by atoms with Crippen LogP contribution in [0.2, 0.25) is 10.0 Å². The number of aliphatic hydroxyl groups is 1. The lowest BCUT2D eigenvalue weighted by Crippen LogP contribution is -2.20. The summed E-state index contributed by atoms with van der Waals surface area (Å²) in [6, 6.07) is 11.3. The molecule has 2 rings (SSSR count). The molecular formula is C15H14Cl2FNO. The molecule has 0 aromatic heterocycles. The Morgan fingerprint density at radius 1 is 1.10 bits per heavy atom. The molecule has 0 radical (unpaired) electrons. The van der Waals surface area contributed by atoms with Crippen LogP contribution >= 0.6 is 23.2 Å². The van der Waals surface area contributed by atoms with Crippen molar-refractivity contribution in [1.82, 2.24) is 0 Å². The SMILES string of the molecule is NCC(c1cccc(Cl)c1)C(O)c1ccc(Cl)c(F)c1. The number of aliphatic hydroxyl groups excluding tert-OH is 1. The van der Waals surface area contributed by atoms with Gasteiger partial charge < -0.3 is 10.8 Å². The first-order chi connectivity index (χ1) is 9.52. The monoisotopic (exact) mass is 313 g/mol. The maximum absolute atomic E-state index is 13.5. The lowest BCUT2D eigenvalue weighted by atomic mass is 9.89. The molecule has 0 aliphatic carbocycles. The smallest absolute Gasteiger partial charge is 0.142 e. The third-order valence-electron chi connectivity index (χ3n) is 3.20. The number of nitrogens with two attached hydrogens (primary N) is 1. The molecule has 20 heavy (non-hydrogen) atoms. The van der Waals surface area contributed by atoms with Gasteiger partial charge in [0, 0.05) is 17.5 Å². The highest BCUT2D eigenvalue weighted by Gasteiger charge is 2.22. The number of halogens is 3. The second-order valence-electron chi connectivity index (χ2n) is 4.52. The highest BCUT2D eigenvalue weighted by molar-refractivity contribution is 6.31. The molecule has 0 heterocycles. The van der Waals surface area contributed by atoms with E-state index in [0.717, 1.165) is 5.56 Å². The average molecular weight is 314 g/mol. The Hall–Kier alpha value is -1.13. The summed E-state index contributed by atoms with van der Waals surface area (Å²) in [7, 11) is 0. The van der Waals surface area contributed by atoms with Gasteiger partial charge in [0.05, 0.1) is 11.1 Å². The number of hydrogen-bond acceptors (Lipinski definition) is 2. The molecule has 0 amide bonds. The topological polar surface area (TPSA) is 46.2 Å². The zero-order valence-electron chi connectivity index (χ0n) is 10.6. The van der Waals surface area contributed by atoms with Crippen molar-refractivity contribution < 1.29 is 9.50 Å². The molecule has 3 N–H and O–H groups in total. The molecule has 0 aliphatic heterocycles. The van der Waals surface area contributed by atoms with Crippen molar-refractivity contribution >= 4 is 23.2 Å². The summed E-state index contributed by atoms with van der Waals surface area (Å²) < 4.78 is 13.5. The van der Waals surface area contributed by atoms with Crippen molar-refractivity contribution in [2.24, 2.45) is 5.73 Å². The number of rotatable bonds is 4. The van der Waals surface area contributed by atoms with E-state index in [4.69, 9.17) is 28.9 Å². The first-order valence-electron chi connectivity index (χ1n) is 6.11. The van der Waals surface area contributed by atoms with Gasteiger partial charge in [-0.15, -0.1) is 0 Å². The van der Waals surface area contributed by atoms with E-state index in [-0.39, 0.29) is 17.5 Å². The molecule has 0 aliphatic rings. The van der Waals surface area contributed by atoms with Crippen molar-refractivity contribution in [2.45, 2.75) is 12.0 Å². The van der Waals surface area contributed by atoms with Gasteiger partial charge in [-0.2, -0.15) is 0 Å². The van der Waals surface area contributed by atoms with E-state index in [0.29, 0.717) is 10.6 Å². The predicted molar refractivity (Wildman–Crippen MR) is 79.6 cm³/mol. The van der Waals surface area contributed by atoms with Gasteiger partial charge in [0.15, 0.2) is 0 Å². The third-order valence-corrected chi connectivity index (χ3v) is 3.74. The van der Waals surface area contributed by atoms with Gasteiger partial charge in [0.25, 0.3) is 0 Å². The molecular weight excluding hydrogens is 300 g/mol. The quantitative estimate of drug-likeness (QED) is 0.899. The molecule has 2 aromatic carbocycles. The summed E-state index contributed by atoms with van der Waals surface area (Å²) in [5.74, 6) is -0.931. The Balaban J connectivity index is 2.33. The van der Waals surface area contributed by atoms with Crippen LogP contribution in [0.15, 0.2) is 42.5 Å². The van der Waals surface area contributed by atoms with Gasteiger partial charge in [-0.3, -0.25) is 0 Å². The number of hydrogen-bond donors (Lipinski definition) is 2. The van der Waals surface area contributed by atoms with Crippen molar-refractivity contribution in [1.29, 1.82) is 0 Å². The second-order valence-corrected chi connectivity index (χ2v) is 5.36. The molecule has 106 valence electrons. The zero-order chi connectivity index (χ0) is 14.7. The Morgan fingerprint density at radius 2 is 1.85 bits per heavy atom. The minimum atomic E-state index is -0.926. The molecule has 0 bridgehead atoms. The van der Waals surface area contributed by atoms with Crippen LogP contribution in [-0.4, -0.2) is 11.7 Å². The first-order valence-corrected chi connectivity index (χ1v) is 6.87. The van der Waals surface area contributed by atoms with Crippen LogP contribution in [0.4, 0.5) is 4.39 Å². The maximum atomic E-state index is 13.5. The van der Waals surface area contributed by atoms with Gasteiger partial charge in [0.1, 0.15) is 5.82 Å². The summed E-state index contributed by atoms with van der Waals surface area (Å²) in [6.07, 6.45) is -0.926. The fourth-order valence-electron chi connectivity index (χ4n) is 2.11. The van der Waals surface area contributed by atoms with E-state index in [9.17, 15) is 9.50 Å². The van der Waals surface area contributed by atoms with Gasteiger partial charge in [0.2, 0.25) is 0 Å². The van der Waals surface area contributed by atoms with E-state index >= 15 is 0 Å². The molecule has 2 atom stereocenters. The first kappa shape index (κ1) is 15.3.